The standard InChI is InChI=1S/C36H37N3O8/c1-36(22-47-36)33(43)30(16-23-10-4-2-5-11-23)38-34(44)25(17-26-20-37-28-15-9-8-14-27(26)28)18-31(40)29(19-32(41)42)39-35(45)46-21-24-12-6-3-7-13-24/h2-15,20,25,29-30,37H,16-19,21-22H2,1H3,(H,38,44)(H,39,45)(H,41,42)/t25-,29?,30+,36?/m1/s1. The van der Waals surface area contributed by atoms with E-state index in [1.165, 1.54) is 0 Å². The van der Waals surface area contributed by atoms with Crippen molar-refractivity contribution in [2.24, 2.45) is 5.92 Å². The Hall–Kier alpha value is -5.29. The molecular formula is C36H37N3O8. The Balaban J connectivity index is 1.36. The summed E-state index contributed by atoms with van der Waals surface area (Å²) in [7, 11) is 0. The quantitative estimate of drug-likeness (QED) is 0.133. The Morgan fingerprint density at radius 2 is 1.49 bits per heavy atom. The van der Waals surface area contributed by atoms with Gasteiger partial charge in [0.15, 0.2) is 11.6 Å². The normalized spacial score (nSPS) is 17.2. The first-order valence-corrected chi connectivity index (χ1v) is 15.4. The van der Waals surface area contributed by atoms with Gasteiger partial charge in [0.1, 0.15) is 18.2 Å². The van der Waals surface area contributed by atoms with Crippen LogP contribution in [0, 0.1) is 5.92 Å². The minimum Gasteiger partial charge on any atom is -0.481 e. The van der Waals surface area contributed by atoms with E-state index in [1.54, 1.807) is 37.4 Å². The van der Waals surface area contributed by atoms with Crippen LogP contribution >= 0.6 is 0 Å². The summed E-state index contributed by atoms with van der Waals surface area (Å²) in [6, 6.07) is 23.3. The summed E-state index contributed by atoms with van der Waals surface area (Å²) < 4.78 is 10.6. The minimum atomic E-state index is -1.45. The van der Waals surface area contributed by atoms with Crippen molar-refractivity contribution in [1.82, 2.24) is 15.6 Å². The number of nitrogens with one attached hydrogen (secondary N) is 3. The molecule has 2 heterocycles. The molecule has 4 aromatic rings. The molecule has 0 radical (unpaired) electrons. The highest BCUT2D eigenvalue weighted by Crippen LogP contribution is 2.30. The first kappa shape index (κ1) is 33.1. The lowest BCUT2D eigenvalue weighted by Crippen LogP contribution is -2.50. The molecule has 244 valence electrons. The number of amides is 2. The molecule has 11 nitrogen and oxygen atoms in total. The number of aromatic amines is 1. The van der Waals surface area contributed by atoms with Crippen LogP contribution < -0.4 is 10.6 Å². The van der Waals surface area contributed by atoms with E-state index in [-0.39, 0.29) is 31.8 Å². The summed E-state index contributed by atoms with van der Waals surface area (Å²) in [4.78, 5) is 68.7. The molecule has 0 aliphatic carbocycles. The largest absolute Gasteiger partial charge is 0.481 e. The second-order valence-corrected chi connectivity index (χ2v) is 11.9. The summed E-state index contributed by atoms with van der Waals surface area (Å²) in [5.41, 5.74) is 2.15. The van der Waals surface area contributed by atoms with Crippen LogP contribution in [0.25, 0.3) is 10.9 Å². The smallest absolute Gasteiger partial charge is 0.408 e. The average Bonchev–Trinajstić information content (AvgIpc) is 3.70. The third-order valence-corrected chi connectivity index (χ3v) is 8.25. The molecule has 3 aromatic carbocycles. The Labute approximate surface area is 271 Å². The molecule has 1 aliphatic rings. The first-order valence-electron chi connectivity index (χ1n) is 15.4. The van der Waals surface area contributed by atoms with E-state index in [1.807, 2.05) is 60.7 Å². The number of fused-ring (bicyclic) bond motifs is 1. The molecule has 4 N–H and O–H groups in total. The Morgan fingerprint density at radius 3 is 2.15 bits per heavy atom. The summed E-state index contributed by atoms with van der Waals surface area (Å²) in [5, 5.41) is 15.7. The molecule has 1 fully saturated rings. The zero-order valence-corrected chi connectivity index (χ0v) is 25.9. The number of rotatable bonds is 16. The fraction of sp³-hybridized carbons (Fsp3) is 0.306. The highest BCUT2D eigenvalue weighted by molar-refractivity contribution is 5.98. The number of hydrogen-bond donors (Lipinski definition) is 4. The van der Waals surface area contributed by atoms with Crippen LogP contribution in [0.5, 0.6) is 0 Å². The van der Waals surface area contributed by atoms with Gasteiger partial charge in [0.05, 0.1) is 19.1 Å². The third-order valence-electron chi connectivity index (χ3n) is 8.25. The topological polar surface area (TPSA) is 167 Å². The predicted octanol–water partition coefficient (Wildman–Crippen LogP) is 4.14. The number of para-hydroxylation sites is 1. The fourth-order valence-electron chi connectivity index (χ4n) is 5.50. The molecule has 0 saturated carbocycles. The van der Waals surface area contributed by atoms with Crippen LogP contribution in [0.4, 0.5) is 4.79 Å². The maximum Gasteiger partial charge on any atom is 0.408 e. The maximum absolute atomic E-state index is 14.0. The van der Waals surface area contributed by atoms with Gasteiger partial charge in [-0.05, 0) is 42.5 Å². The lowest BCUT2D eigenvalue weighted by molar-refractivity contribution is -0.140. The van der Waals surface area contributed by atoms with E-state index >= 15 is 0 Å². The van der Waals surface area contributed by atoms with E-state index in [4.69, 9.17) is 9.47 Å². The van der Waals surface area contributed by atoms with Crippen LogP contribution in [-0.4, -0.2) is 63.9 Å². The molecule has 1 aliphatic heterocycles. The van der Waals surface area contributed by atoms with Crippen molar-refractivity contribution >= 4 is 40.4 Å². The number of H-pyrrole nitrogens is 1. The van der Waals surface area contributed by atoms with E-state index in [9.17, 15) is 29.1 Å². The number of aliphatic carboxylic acids is 1. The number of alkyl carbamates (subject to hydrolysis) is 1. The Bertz CT molecular complexity index is 1730. The number of benzene rings is 3. The van der Waals surface area contributed by atoms with Gasteiger partial charge in [-0.1, -0.05) is 78.9 Å². The molecule has 5 rings (SSSR count). The van der Waals surface area contributed by atoms with Crippen LogP contribution in [-0.2, 0) is 48.1 Å². The molecule has 1 aromatic heterocycles. The number of carbonyl (C=O) groups is 5. The van der Waals surface area contributed by atoms with Gasteiger partial charge in [-0.25, -0.2) is 4.79 Å². The zero-order valence-electron chi connectivity index (χ0n) is 25.9. The van der Waals surface area contributed by atoms with Gasteiger partial charge in [-0.15, -0.1) is 0 Å². The van der Waals surface area contributed by atoms with Crippen molar-refractivity contribution in [3.05, 3.63) is 108 Å². The van der Waals surface area contributed by atoms with E-state index in [0.29, 0.717) is 5.56 Å². The molecule has 0 bridgehead atoms. The molecule has 11 heteroatoms. The summed E-state index contributed by atoms with van der Waals surface area (Å²) in [5.74, 6) is -3.80. The van der Waals surface area contributed by atoms with Gasteiger partial charge in [0.2, 0.25) is 5.91 Å². The molecule has 0 spiro atoms. The number of carboxylic acid groups (broad SMARTS) is 1. The lowest BCUT2D eigenvalue weighted by atomic mass is 9.89. The van der Waals surface area contributed by atoms with Gasteiger partial charge in [-0.3, -0.25) is 19.2 Å². The van der Waals surface area contributed by atoms with Gasteiger partial charge < -0.3 is 30.2 Å². The number of ether oxygens (including phenoxy) is 2. The van der Waals surface area contributed by atoms with Gasteiger partial charge in [0.25, 0.3) is 0 Å². The van der Waals surface area contributed by atoms with Gasteiger partial charge >= 0.3 is 12.1 Å². The van der Waals surface area contributed by atoms with Crippen molar-refractivity contribution in [2.45, 2.75) is 56.9 Å². The molecule has 2 amide bonds. The summed E-state index contributed by atoms with van der Waals surface area (Å²) in [6.45, 7) is 1.84. The SMILES string of the molecule is CC1(C(=O)[C@H](Cc2ccccc2)NC(=O)[C@@H](CC(=O)C(CC(=O)O)NC(=O)OCc2ccccc2)Cc2c[nH]c3ccccc23)CO1. The predicted molar refractivity (Wildman–Crippen MR) is 172 cm³/mol. The van der Waals surface area contributed by atoms with E-state index in [0.717, 1.165) is 22.0 Å². The lowest BCUT2D eigenvalue weighted by Gasteiger charge is -2.24. The van der Waals surface area contributed by atoms with E-state index in [2.05, 4.69) is 15.6 Å². The number of hydrogen-bond acceptors (Lipinski definition) is 7. The van der Waals surface area contributed by atoms with Crippen LogP contribution in [0.15, 0.2) is 91.1 Å². The van der Waals surface area contributed by atoms with Crippen molar-refractivity contribution < 1.29 is 38.6 Å². The average molecular weight is 640 g/mol. The second-order valence-electron chi connectivity index (χ2n) is 11.9. The summed E-state index contributed by atoms with van der Waals surface area (Å²) in [6.07, 6.45) is 0.0225. The molecule has 2 unspecified atom stereocenters. The highest BCUT2D eigenvalue weighted by Gasteiger charge is 2.50. The Kier molecular flexibility index (Phi) is 10.5. The van der Waals surface area contributed by atoms with Crippen molar-refractivity contribution in [3.63, 3.8) is 0 Å². The monoisotopic (exact) mass is 639 g/mol. The molecule has 1 saturated heterocycles. The zero-order chi connectivity index (χ0) is 33.4. The van der Waals surface area contributed by atoms with Gasteiger partial charge in [0, 0.05) is 29.4 Å². The maximum atomic E-state index is 14.0. The number of ketones is 2. The third kappa shape index (κ3) is 8.92. The molecular weight excluding hydrogens is 602 g/mol. The number of Topliss-reactive ketones (excluding diaryl/α,β-unsaturated/α-hetero) is 2. The van der Waals surface area contributed by atoms with Gasteiger partial charge in [-0.2, -0.15) is 0 Å². The van der Waals surface area contributed by atoms with Crippen LogP contribution in [0.1, 0.15) is 36.5 Å². The van der Waals surface area contributed by atoms with E-state index < -0.39 is 60.2 Å². The molecule has 4 atom stereocenters. The van der Waals surface area contributed by atoms with Crippen molar-refractivity contribution in [1.29, 1.82) is 0 Å². The number of carbonyl (C=O) groups excluding carboxylic acids is 4. The minimum absolute atomic E-state index is 0.0777. The summed E-state index contributed by atoms with van der Waals surface area (Å²) >= 11 is 0. The Morgan fingerprint density at radius 1 is 0.851 bits per heavy atom. The first-order chi connectivity index (χ1) is 22.6. The van der Waals surface area contributed by atoms with Crippen LogP contribution in [0.2, 0.25) is 0 Å². The van der Waals surface area contributed by atoms with Crippen molar-refractivity contribution in [2.75, 3.05) is 6.61 Å². The number of epoxide rings is 1. The fourth-order valence-corrected chi connectivity index (χ4v) is 5.50. The molecule has 47 heavy (non-hydrogen) atoms. The highest BCUT2D eigenvalue weighted by atomic mass is 16.6. The van der Waals surface area contributed by atoms with Crippen LogP contribution in [0.3, 0.4) is 0 Å². The number of aromatic nitrogens is 1. The number of carboxylic acids is 1. The second kappa shape index (κ2) is 14.9. The van der Waals surface area contributed by atoms with Crippen molar-refractivity contribution in [3.8, 4) is 0 Å².